The van der Waals surface area contributed by atoms with E-state index in [-0.39, 0.29) is 5.41 Å². The summed E-state index contributed by atoms with van der Waals surface area (Å²) in [5.41, 5.74) is 18.0. The van der Waals surface area contributed by atoms with Crippen LogP contribution < -0.4 is 20.9 Å². The van der Waals surface area contributed by atoms with Crippen molar-refractivity contribution in [3.63, 3.8) is 0 Å². The molecule has 7 rings (SSSR count). The van der Waals surface area contributed by atoms with Crippen molar-refractivity contribution in [3.8, 4) is 23.0 Å². The average Bonchev–Trinajstić information content (AvgIpc) is 3.23. The van der Waals surface area contributed by atoms with Crippen LogP contribution in [-0.4, -0.2) is 0 Å². The first-order chi connectivity index (χ1) is 18.1. The summed E-state index contributed by atoms with van der Waals surface area (Å²) in [6.45, 7) is 0. The summed E-state index contributed by atoms with van der Waals surface area (Å²) >= 11 is 0. The molecule has 0 saturated carbocycles. The predicted molar refractivity (Wildman–Crippen MR) is 149 cm³/mol. The Kier molecular flexibility index (Phi) is 5.78. The van der Waals surface area contributed by atoms with E-state index in [0.29, 0.717) is 0 Å². The molecule has 0 radical (unpaired) electrons. The van der Waals surface area contributed by atoms with E-state index in [1.165, 1.54) is 22.3 Å². The fourth-order valence-electron chi connectivity index (χ4n) is 5.14. The maximum Gasteiger partial charge on any atom is 0.127 e. The summed E-state index contributed by atoms with van der Waals surface area (Å²) in [6, 6.07) is 40.8. The topological polar surface area (TPSA) is 70.5 Å². The molecule has 2 aliphatic rings. The summed E-state index contributed by atoms with van der Waals surface area (Å²) in [5.74, 6) is 3.12. The average molecular weight is 485 g/mol. The lowest BCUT2D eigenvalue weighted by molar-refractivity contribution is 0.476. The zero-order valence-electron chi connectivity index (χ0n) is 20.4. The van der Waals surface area contributed by atoms with Crippen molar-refractivity contribution in [3.05, 3.63) is 144 Å². The van der Waals surface area contributed by atoms with Gasteiger partial charge >= 0.3 is 0 Å². The molecule has 0 spiro atoms. The Morgan fingerprint density at radius 1 is 0.405 bits per heavy atom. The molecule has 0 saturated heterocycles. The number of nitrogen functional groups attached to an aromatic ring is 2. The Morgan fingerprint density at radius 2 is 0.703 bits per heavy atom. The molecule has 37 heavy (non-hydrogen) atoms. The van der Waals surface area contributed by atoms with Crippen LogP contribution in [-0.2, 0) is 18.3 Å². The van der Waals surface area contributed by atoms with Crippen molar-refractivity contribution < 1.29 is 9.47 Å². The minimum Gasteiger partial charge on any atom is -0.457 e. The van der Waals surface area contributed by atoms with Crippen LogP contribution >= 0.6 is 0 Å². The van der Waals surface area contributed by atoms with Crippen LogP contribution in [0.3, 0.4) is 0 Å². The molecule has 0 amide bonds. The van der Waals surface area contributed by atoms with Crippen molar-refractivity contribution in [1.29, 1.82) is 0 Å². The number of hydrogen-bond donors (Lipinski definition) is 2. The van der Waals surface area contributed by atoms with Gasteiger partial charge in [-0.2, -0.15) is 0 Å². The van der Waals surface area contributed by atoms with E-state index in [2.05, 4.69) is 72.8 Å². The zero-order valence-corrected chi connectivity index (χ0v) is 20.4. The third-order valence-electron chi connectivity index (χ3n) is 7.08. The fraction of sp³-hybridized carbons (Fsp3) is 0.0909. The van der Waals surface area contributed by atoms with E-state index in [4.69, 9.17) is 20.9 Å². The highest BCUT2D eigenvalue weighted by Gasteiger charge is 2.36. The summed E-state index contributed by atoms with van der Waals surface area (Å²) in [6.07, 6.45) is 1.83. The van der Waals surface area contributed by atoms with Crippen molar-refractivity contribution in [2.75, 3.05) is 11.5 Å². The van der Waals surface area contributed by atoms with Crippen molar-refractivity contribution in [2.24, 2.45) is 0 Å². The molecule has 4 nitrogen and oxygen atoms in total. The molecule has 2 bridgehead atoms. The summed E-state index contributed by atoms with van der Waals surface area (Å²) in [4.78, 5) is 0. The van der Waals surface area contributed by atoms with E-state index in [1.807, 2.05) is 48.5 Å². The van der Waals surface area contributed by atoms with Gasteiger partial charge in [0.15, 0.2) is 0 Å². The number of anilines is 2. The molecule has 0 heterocycles. The molecule has 4 N–H and O–H groups in total. The maximum absolute atomic E-state index is 6.06. The Bertz CT molecular complexity index is 1370. The number of ether oxygens (including phenoxy) is 2. The molecular weight excluding hydrogens is 456 g/mol. The number of hydrogen-bond acceptors (Lipinski definition) is 4. The largest absolute Gasteiger partial charge is 0.457 e. The standard InChI is InChI=1S/C33H28N2O2/c34-27-9-17-31(18-10-27)36-29-13-5-25(6-14-29)33(21-23-1-2-24(22-33)4-3-23)26-7-15-30(16-8-26)37-32-19-11-28(35)12-20-32/h1-20H,21-22,34-35H2. The van der Waals surface area contributed by atoms with Crippen LogP contribution in [0.4, 0.5) is 11.4 Å². The number of fused-ring (bicyclic) bond motifs is 4. The lowest BCUT2D eigenvalue weighted by Crippen LogP contribution is -2.32. The Morgan fingerprint density at radius 3 is 1.03 bits per heavy atom. The quantitative estimate of drug-likeness (QED) is 0.245. The van der Waals surface area contributed by atoms with E-state index in [1.54, 1.807) is 0 Å². The second-order valence-electron chi connectivity index (χ2n) is 9.64. The minimum absolute atomic E-state index is 0.197. The highest BCUT2D eigenvalue weighted by atomic mass is 16.5. The zero-order chi connectivity index (χ0) is 25.2. The van der Waals surface area contributed by atoms with E-state index in [0.717, 1.165) is 47.2 Å². The normalized spacial score (nSPS) is 13.6. The van der Waals surface area contributed by atoms with Gasteiger partial charge in [-0.1, -0.05) is 48.5 Å². The van der Waals surface area contributed by atoms with Crippen LogP contribution in [0.5, 0.6) is 23.0 Å². The van der Waals surface area contributed by atoms with Gasteiger partial charge in [-0.15, -0.1) is 0 Å². The molecule has 4 heteroatoms. The molecule has 0 unspecified atom stereocenters. The molecule has 5 aromatic carbocycles. The first kappa shape index (κ1) is 22.7. The van der Waals surface area contributed by atoms with Crippen LogP contribution in [0.25, 0.3) is 0 Å². The molecule has 2 aliphatic carbocycles. The highest BCUT2D eigenvalue weighted by molar-refractivity contribution is 5.50. The van der Waals surface area contributed by atoms with Gasteiger partial charge in [-0.05, 0) is 108 Å². The van der Waals surface area contributed by atoms with Gasteiger partial charge in [-0.3, -0.25) is 0 Å². The van der Waals surface area contributed by atoms with Crippen LogP contribution in [0.1, 0.15) is 22.3 Å². The number of benzene rings is 5. The number of rotatable bonds is 6. The molecule has 0 aromatic heterocycles. The molecule has 182 valence electrons. The van der Waals surface area contributed by atoms with Crippen LogP contribution in [0.15, 0.2) is 121 Å². The molecule has 0 fully saturated rings. The Labute approximate surface area is 217 Å². The maximum atomic E-state index is 6.06. The summed E-state index contributed by atoms with van der Waals surface area (Å²) in [7, 11) is 0. The van der Waals surface area contributed by atoms with Gasteiger partial charge in [-0.25, -0.2) is 0 Å². The smallest absolute Gasteiger partial charge is 0.127 e. The SMILES string of the molecule is Nc1ccc(Oc2ccc(C3(c4ccc(Oc5ccc(N)cc5)cc4)Cc4ccc(cc4)C3)cc2)cc1. The first-order valence-electron chi connectivity index (χ1n) is 12.4. The van der Waals surface area contributed by atoms with E-state index < -0.39 is 0 Å². The Hall–Kier alpha value is -4.70. The van der Waals surface area contributed by atoms with Gasteiger partial charge < -0.3 is 20.9 Å². The van der Waals surface area contributed by atoms with Crippen LogP contribution in [0, 0.1) is 0 Å². The van der Waals surface area contributed by atoms with Gasteiger partial charge in [0.2, 0.25) is 0 Å². The summed E-state index contributed by atoms with van der Waals surface area (Å²) < 4.78 is 12.1. The lowest BCUT2D eigenvalue weighted by atomic mass is 9.68. The lowest BCUT2D eigenvalue weighted by Gasteiger charge is -2.34. The number of nitrogens with two attached hydrogens (primary N) is 2. The van der Waals surface area contributed by atoms with Crippen LogP contribution in [0.2, 0.25) is 0 Å². The molecule has 0 atom stereocenters. The monoisotopic (exact) mass is 484 g/mol. The highest BCUT2D eigenvalue weighted by Crippen LogP contribution is 2.42. The predicted octanol–water partition coefficient (Wildman–Crippen LogP) is 7.52. The Balaban J connectivity index is 1.32. The van der Waals surface area contributed by atoms with Crippen molar-refractivity contribution >= 4 is 11.4 Å². The third kappa shape index (κ3) is 4.74. The third-order valence-corrected chi connectivity index (χ3v) is 7.08. The molecule has 0 aliphatic heterocycles. The van der Waals surface area contributed by atoms with Gasteiger partial charge in [0.05, 0.1) is 0 Å². The van der Waals surface area contributed by atoms with Gasteiger partial charge in [0.25, 0.3) is 0 Å². The van der Waals surface area contributed by atoms with E-state index >= 15 is 0 Å². The first-order valence-corrected chi connectivity index (χ1v) is 12.4. The molecule has 5 aromatic rings. The van der Waals surface area contributed by atoms with Gasteiger partial charge in [0, 0.05) is 16.8 Å². The minimum atomic E-state index is -0.197. The second-order valence-corrected chi connectivity index (χ2v) is 9.64. The second kappa shape index (κ2) is 9.40. The van der Waals surface area contributed by atoms with Gasteiger partial charge in [0.1, 0.15) is 23.0 Å². The van der Waals surface area contributed by atoms with Crippen molar-refractivity contribution in [2.45, 2.75) is 18.3 Å². The fourth-order valence-corrected chi connectivity index (χ4v) is 5.14. The van der Waals surface area contributed by atoms with E-state index in [9.17, 15) is 0 Å². The van der Waals surface area contributed by atoms with Crippen molar-refractivity contribution in [1.82, 2.24) is 0 Å². The summed E-state index contributed by atoms with van der Waals surface area (Å²) in [5, 5.41) is 0. The molecular formula is C33H28N2O2.